The summed E-state index contributed by atoms with van der Waals surface area (Å²) in [6.45, 7) is 2.07. The largest absolute Gasteiger partial charge is 0.332 e. The van der Waals surface area contributed by atoms with Gasteiger partial charge in [-0.25, -0.2) is 0 Å². The molecule has 31 heavy (non-hydrogen) atoms. The quantitative estimate of drug-likeness (QED) is 0.514. The summed E-state index contributed by atoms with van der Waals surface area (Å²) >= 11 is 0. The van der Waals surface area contributed by atoms with E-state index in [4.69, 9.17) is 5.10 Å². The Bertz CT molecular complexity index is 1300. The average molecular weight is 413 g/mol. The fourth-order valence-electron chi connectivity index (χ4n) is 4.54. The van der Waals surface area contributed by atoms with Gasteiger partial charge in [0.25, 0.3) is 5.91 Å². The number of aromatic nitrogens is 6. The van der Waals surface area contributed by atoms with Crippen molar-refractivity contribution in [1.29, 1.82) is 0 Å². The van der Waals surface area contributed by atoms with E-state index in [0.29, 0.717) is 24.7 Å². The van der Waals surface area contributed by atoms with Gasteiger partial charge in [-0.15, -0.1) is 10.2 Å². The molecule has 8 heteroatoms. The van der Waals surface area contributed by atoms with Crippen LogP contribution in [0.4, 0.5) is 0 Å². The Hall–Kier alpha value is -3.55. The minimum Gasteiger partial charge on any atom is -0.332 e. The lowest BCUT2D eigenvalue weighted by Crippen LogP contribution is -2.37. The Morgan fingerprint density at radius 1 is 1.19 bits per heavy atom. The van der Waals surface area contributed by atoms with Crippen molar-refractivity contribution in [1.82, 2.24) is 34.4 Å². The molecule has 1 fully saturated rings. The maximum absolute atomic E-state index is 13.5. The zero-order valence-corrected chi connectivity index (χ0v) is 17.4. The second kappa shape index (κ2) is 7.01. The molecule has 0 saturated heterocycles. The Labute approximate surface area is 179 Å². The summed E-state index contributed by atoms with van der Waals surface area (Å²) in [5.41, 5.74) is 3.56. The highest BCUT2D eigenvalue weighted by atomic mass is 16.2. The lowest BCUT2D eigenvalue weighted by molar-refractivity contribution is 0.0730. The zero-order valence-electron chi connectivity index (χ0n) is 17.4. The maximum Gasteiger partial charge on any atom is 0.273 e. The number of hydrogen-bond acceptors (Lipinski definition) is 5. The summed E-state index contributed by atoms with van der Waals surface area (Å²) < 4.78 is 4.03. The molecule has 1 aliphatic carbocycles. The van der Waals surface area contributed by atoms with E-state index < -0.39 is 0 Å². The van der Waals surface area contributed by atoms with E-state index in [2.05, 4.69) is 19.7 Å². The number of carbonyl (C=O) groups excluding carboxylic acids is 1. The molecule has 4 heterocycles. The van der Waals surface area contributed by atoms with Crippen LogP contribution in [0.5, 0.6) is 0 Å². The van der Waals surface area contributed by atoms with Crippen molar-refractivity contribution in [3.05, 3.63) is 59.8 Å². The molecule has 3 aromatic heterocycles. The highest BCUT2D eigenvalue weighted by Gasteiger charge is 2.31. The number of hydrogen-bond donors (Lipinski definition) is 0. The van der Waals surface area contributed by atoms with Crippen LogP contribution in [-0.2, 0) is 26.6 Å². The monoisotopic (exact) mass is 413 g/mol. The van der Waals surface area contributed by atoms with Crippen LogP contribution in [0.1, 0.15) is 34.6 Å². The summed E-state index contributed by atoms with van der Waals surface area (Å²) in [4.78, 5) is 19.8. The van der Waals surface area contributed by atoms with Crippen molar-refractivity contribution in [2.24, 2.45) is 13.0 Å². The third kappa shape index (κ3) is 3.10. The Kier molecular flexibility index (Phi) is 4.12. The van der Waals surface area contributed by atoms with Gasteiger partial charge in [-0.3, -0.25) is 14.5 Å². The molecule has 0 radical (unpaired) electrons. The summed E-state index contributed by atoms with van der Waals surface area (Å²) in [5.74, 6) is 1.46. The molecule has 2 aliphatic rings. The molecular formula is C23H23N7O. The van der Waals surface area contributed by atoms with Crippen LogP contribution >= 0.6 is 0 Å². The van der Waals surface area contributed by atoms with Crippen molar-refractivity contribution in [3.63, 3.8) is 0 Å². The minimum absolute atomic E-state index is 0.0447. The molecule has 4 aromatic rings. The number of amides is 1. The molecule has 0 atom stereocenters. The first-order valence-electron chi connectivity index (χ1n) is 10.7. The van der Waals surface area contributed by atoms with Crippen molar-refractivity contribution in [3.8, 4) is 11.5 Å². The summed E-state index contributed by atoms with van der Waals surface area (Å²) in [5, 5.41) is 15.2. The van der Waals surface area contributed by atoms with Gasteiger partial charge >= 0.3 is 0 Å². The molecule has 8 nitrogen and oxygen atoms in total. The van der Waals surface area contributed by atoms with Crippen molar-refractivity contribution in [2.45, 2.75) is 32.4 Å². The first-order valence-corrected chi connectivity index (χ1v) is 10.7. The Morgan fingerprint density at radius 2 is 2.06 bits per heavy atom. The highest BCUT2D eigenvalue weighted by molar-refractivity contribution is 6.05. The number of rotatable bonds is 4. The van der Waals surface area contributed by atoms with Gasteiger partial charge in [-0.1, -0.05) is 24.3 Å². The summed E-state index contributed by atoms with van der Waals surface area (Å²) in [6, 6.07) is 9.83. The predicted octanol–water partition coefficient (Wildman–Crippen LogP) is 2.84. The van der Waals surface area contributed by atoms with Crippen LogP contribution in [0.15, 0.2) is 42.9 Å². The molecule has 0 spiro atoms. The molecule has 0 unspecified atom stereocenters. The second-order valence-electron chi connectivity index (χ2n) is 8.51. The van der Waals surface area contributed by atoms with Gasteiger partial charge in [-0.2, -0.15) is 5.10 Å². The van der Waals surface area contributed by atoms with Crippen LogP contribution in [0, 0.1) is 5.92 Å². The molecule has 0 bridgehead atoms. The van der Waals surface area contributed by atoms with E-state index in [-0.39, 0.29) is 5.91 Å². The molecular weight excluding hydrogens is 390 g/mol. The van der Waals surface area contributed by atoms with Crippen LogP contribution < -0.4 is 0 Å². The van der Waals surface area contributed by atoms with Gasteiger partial charge in [-0.05, 0) is 30.2 Å². The molecule has 1 aromatic carbocycles. The number of aryl methyl sites for hydroxylation is 1. The van der Waals surface area contributed by atoms with Crippen molar-refractivity contribution < 1.29 is 4.79 Å². The summed E-state index contributed by atoms with van der Waals surface area (Å²) in [6.07, 6.45) is 6.78. The third-order valence-electron chi connectivity index (χ3n) is 6.38. The van der Waals surface area contributed by atoms with Gasteiger partial charge in [0.15, 0.2) is 5.82 Å². The lowest BCUT2D eigenvalue weighted by atomic mass is 10.0. The van der Waals surface area contributed by atoms with E-state index in [1.165, 1.54) is 12.8 Å². The van der Waals surface area contributed by atoms with E-state index in [9.17, 15) is 4.79 Å². The smallest absolute Gasteiger partial charge is 0.273 e. The van der Waals surface area contributed by atoms with E-state index in [1.54, 1.807) is 12.5 Å². The molecule has 6 rings (SSSR count). The number of carbonyl (C=O) groups is 1. The average Bonchev–Trinajstić information content (AvgIpc) is 3.41. The topological polar surface area (TPSA) is 81.7 Å². The van der Waals surface area contributed by atoms with Gasteiger partial charge in [0.1, 0.15) is 17.7 Å². The Balaban J connectivity index is 1.36. The fraction of sp³-hybridized carbons (Fsp3) is 0.348. The number of nitrogens with zero attached hydrogens (tertiary/aromatic N) is 7. The Morgan fingerprint density at radius 3 is 2.94 bits per heavy atom. The first kappa shape index (κ1) is 18.2. The fourth-order valence-corrected chi connectivity index (χ4v) is 4.54. The van der Waals surface area contributed by atoms with Gasteiger partial charge < -0.3 is 9.47 Å². The van der Waals surface area contributed by atoms with Gasteiger partial charge in [0, 0.05) is 49.4 Å². The van der Waals surface area contributed by atoms with Crippen LogP contribution in [-0.4, -0.2) is 46.9 Å². The minimum atomic E-state index is -0.0447. The zero-order chi connectivity index (χ0) is 20.9. The van der Waals surface area contributed by atoms with Crippen LogP contribution in [0.25, 0.3) is 22.3 Å². The predicted molar refractivity (Wildman–Crippen MR) is 115 cm³/mol. The number of benzene rings is 1. The van der Waals surface area contributed by atoms with Gasteiger partial charge in [0.05, 0.1) is 6.54 Å². The van der Waals surface area contributed by atoms with Crippen LogP contribution in [0.2, 0.25) is 0 Å². The van der Waals surface area contributed by atoms with Gasteiger partial charge in [0.2, 0.25) is 0 Å². The summed E-state index contributed by atoms with van der Waals surface area (Å²) in [7, 11) is 1.97. The molecule has 1 amide bonds. The molecule has 0 N–H and O–H groups in total. The first-order chi connectivity index (χ1) is 15.2. The maximum atomic E-state index is 13.5. The SMILES string of the molecule is Cn1nc(-c2nncn2CC2CC2)c2c1CCN(C(=O)c1nccc3ccccc13)C2. The second-order valence-corrected chi connectivity index (χ2v) is 8.51. The van der Waals surface area contributed by atoms with E-state index >= 15 is 0 Å². The molecule has 1 aliphatic heterocycles. The normalized spacial score (nSPS) is 16.0. The van der Waals surface area contributed by atoms with E-state index in [0.717, 1.165) is 46.5 Å². The lowest BCUT2D eigenvalue weighted by Gasteiger charge is -2.27. The third-order valence-corrected chi connectivity index (χ3v) is 6.38. The standard InChI is InChI=1S/C23H23N7O/c1-28-19-9-11-29(23(31)21-17-5-3-2-4-16(17)8-10-24-21)13-18(19)20(27-28)22-26-25-14-30(22)12-15-6-7-15/h2-5,8,10,14-15H,6-7,9,11-13H2,1H3. The van der Waals surface area contributed by atoms with E-state index in [1.807, 2.05) is 47.0 Å². The highest BCUT2D eigenvalue weighted by Crippen LogP contribution is 2.34. The van der Waals surface area contributed by atoms with Crippen molar-refractivity contribution in [2.75, 3.05) is 6.54 Å². The number of fused-ring (bicyclic) bond motifs is 2. The molecule has 1 saturated carbocycles. The van der Waals surface area contributed by atoms with Crippen molar-refractivity contribution >= 4 is 16.7 Å². The molecule has 156 valence electrons. The number of pyridine rings is 1. The van der Waals surface area contributed by atoms with Crippen LogP contribution in [0.3, 0.4) is 0 Å².